The van der Waals surface area contributed by atoms with E-state index in [1.165, 1.54) is 11.3 Å². The molecular formula is C28H31N3O4. The lowest BCUT2D eigenvalue weighted by Crippen LogP contribution is -2.60. The molecule has 0 aliphatic carbocycles. The summed E-state index contributed by atoms with van der Waals surface area (Å²) >= 11 is 0. The average Bonchev–Trinajstić information content (AvgIpc) is 2.92. The lowest BCUT2D eigenvalue weighted by molar-refractivity contribution is -0.120. The van der Waals surface area contributed by atoms with Crippen molar-refractivity contribution >= 4 is 23.0 Å². The number of hydrogen-bond acceptors (Lipinski definition) is 6. The van der Waals surface area contributed by atoms with Crippen molar-refractivity contribution < 1.29 is 19.0 Å². The molecule has 0 bridgehead atoms. The number of carbonyl (C=O) groups excluding carboxylic acids is 1. The van der Waals surface area contributed by atoms with Gasteiger partial charge in [0.05, 0.1) is 33.3 Å². The first-order chi connectivity index (χ1) is 17.1. The van der Waals surface area contributed by atoms with Crippen LogP contribution in [0.2, 0.25) is 0 Å². The van der Waals surface area contributed by atoms with Crippen molar-refractivity contribution in [2.24, 2.45) is 5.92 Å². The van der Waals surface area contributed by atoms with Crippen LogP contribution in [-0.2, 0) is 11.2 Å². The van der Waals surface area contributed by atoms with Crippen molar-refractivity contribution in [1.82, 2.24) is 0 Å². The van der Waals surface area contributed by atoms with E-state index in [0.29, 0.717) is 23.6 Å². The van der Waals surface area contributed by atoms with Crippen molar-refractivity contribution in [3.63, 3.8) is 0 Å². The van der Waals surface area contributed by atoms with Gasteiger partial charge in [-0.2, -0.15) is 0 Å². The van der Waals surface area contributed by atoms with E-state index in [2.05, 4.69) is 51.5 Å². The second kappa shape index (κ2) is 9.78. The van der Waals surface area contributed by atoms with Crippen molar-refractivity contribution in [3.8, 4) is 17.2 Å². The number of nitrogens with zero attached hydrogens (tertiary/aromatic N) is 2. The van der Waals surface area contributed by atoms with Crippen LogP contribution in [0.3, 0.4) is 0 Å². The molecule has 3 aromatic carbocycles. The molecule has 2 atom stereocenters. The first-order valence-electron chi connectivity index (χ1n) is 11.9. The van der Waals surface area contributed by atoms with Gasteiger partial charge in [-0.05, 0) is 54.4 Å². The monoisotopic (exact) mass is 473 g/mol. The number of nitrogens with one attached hydrogen (secondary N) is 1. The first kappa shape index (κ1) is 22.9. The van der Waals surface area contributed by atoms with E-state index in [4.69, 9.17) is 14.2 Å². The standard InChI is InChI=1S/C28H31N3O4/c1-33-22-11-9-21(10-12-22)30-14-15-31-24-7-5-4-6-19(24)16-23(25(31)18-30)28(32)29-20-8-13-26(34-2)27(17-20)35-3/h4-13,17,23,25H,14-16,18H2,1-3H3,(H,29,32). The predicted octanol–water partition coefficient (Wildman–Crippen LogP) is 4.22. The number of anilines is 3. The third-order valence-corrected chi connectivity index (χ3v) is 7.05. The predicted molar refractivity (Wildman–Crippen MR) is 138 cm³/mol. The fraction of sp³-hybridized carbons (Fsp3) is 0.321. The molecule has 2 heterocycles. The molecule has 5 rings (SSSR count). The Kier molecular flexibility index (Phi) is 6.40. The zero-order valence-corrected chi connectivity index (χ0v) is 20.4. The van der Waals surface area contributed by atoms with Crippen LogP contribution in [0.15, 0.2) is 66.7 Å². The maximum atomic E-state index is 13.7. The molecule has 1 amide bonds. The highest BCUT2D eigenvalue weighted by Gasteiger charge is 2.41. The first-order valence-corrected chi connectivity index (χ1v) is 11.9. The van der Waals surface area contributed by atoms with Gasteiger partial charge in [0, 0.05) is 42.8 Å². The zero-order chi connectivity index (χ0) is 24.4. The summed E-state index contributed by atoms with van der Waals surface area (Å²) in [5, 5.41) is 3.13. The molecule has 7 nitrogen and oxygen atoms in total. The summed E-state index contributed by atoms with van der Waals surface area (Å²) in [6.45, 7) is 2.51. The molecule has 0 aromatic heterocycles. The zero-order valence-electron chi connectivity index (χ0n) is 20.4. The molecule has 0 spiro atoms. The van der Waals surface area contributed by atoms with E-state index >= 15 is 0 Å². The number of ether oxygens (including phenoxy) is 3. The molecule has 2 unspecified atom stereocenters. The topological polar surface area (TPSA) is 63.3 Å². The molecule has 7 heteroatoms. The number of fused-ring (bicyclic) bond motifs is 3. The van der Waals surface area contributed by atoms with Gasteiger partial charge in [0.1, 0.15) is 5.75 Å². The molecular weight excluding hydrogens is 442 g/mol. The Bertz CT molecular complexity index is 1200. The minimum Gasteiger partial charge on any atom is -0.497 e. The lowest BCUT2D eigenvalue weighted by atomic mass is 9.83. The second-order valence-electron chi connectivity index (χ2n) is 8.90. The van der Waals surface area contributed by atoms with Crippen molar-refractivity contribution in [1.29, 1.82) is 0 Å². The molecule has 1 fully saturated rings. The number of benzene rings is 3. The molecule has 0 saturated carbocycles. The number of para-hydroxylation sites is 1. The van der Waals surface area contributed by atoms with Crippen molar-refractivity contribution in [2.75, 3.05) is 56.1 Å². The fourth-order valence-electron chi connectivity index (χ4n) is 5.23. The highest BCUT2D eigenvalue weighted by Crippen LogP contribution is 2.38. The lowest BCUT2D eigenvalue weighted by Gasteiger charge is -2.49. The summed E-state index contributed by atoms with van der Waals surface area (Å²) in [6, 6.07) is 22.1. The van der Waals surface area contributed by atoms with Gasteiger partial charge in [-0.25, -0.2) is 0 Å². The summed E-state index contributed by atoms with van der Waals surface area (Å²) in [5.41, 5.74) is 4.29. The number of rotatable bonds is 6. The van der Waals surface area contributed by atoms with Crippen LogP contribution in [0.4, 0.5) is 17.1 Å². The number of carbonyl (C=O) groups is 1. The molecule has 3 aromatic rings. The van der Waals surface area contributed by atoms with E-state index in [0.717, 1.165) is 31.1 Å². The van der Waals surface area contributed by atoms with Gasteiger partial charge in [0.25, 0.3) is 0 Å². The highest BCUT2D eigenvalue weighted by atomic mass is 16.5. The van der Waals surface area contributed by atoms with Crippen LogP contribution in [0.1, 0.15) is 5.56 Å². The van der Waals surface area contributed by atoms with Gasteiger partial charge in [0.15, 0.2) is 11.5 Å². The summed E-state index contributed by atoms with van der Waals surface area (Å²) in [5.74, 6) is 1.87. The van der Waals surface area contributed by atoms with Crippen LogP contribution in [0, 0.1) is 5.92 Å². The summed E-state index contributed by atoms with van der Waals surface area (Å²) in [4.78, 5) is 18.4. The van der Waals surface area contributed by atoms with Crippen molar-refractivity contribution in [3.05, 3.63) is 72.3 Å². The summed E-state index contributed by atoms with van der Waals surface area (Å²) < 4.78 is 16.1. The van der Waals surface area contributed by atoms with Crippen molar-refractivity contribution in [2.45, 2.75) is 12.5 Å². The quantitative estimate of drug-likeness (QED) is 0.579. The van der Waals surface area contributed by atoms with Crippen LogP contribution in [-0.4, -0.2) is 52.9 Å². The highest BCUT2D eigenvalue weighted by molar-refractivity contribution is 5.94. The Hall–Kier alpha value is -3.87. The van der Waals surface area contributed by atoms with E-state index in [-0.39, 0.29) is 17.9 Å². The number of hydrogen-bond donors (Lipinski definition) is 1. The SMILES string of the molecule is COc1ccc(N2CCN3c4ccccc4CC(C(=O)Nc4ccc(OC)c(OC)c4)C3C2)cc1. The van der Waals surface area contributed by atoms with Gasteiger partial charge in [0.2, 0.25) is 5.91 Å². The molecule has 1 N–H and O–H groups in total. The molecule has 1 saturated heterocycles. The smallest absolute Gasteiger partial charge is 0.229 e. The normalized spacial score (nSPS) is 18.8. The van der Waals surface area contributed by atoms with Gasteiger partial charge >= 0.3 is 0 Å². The van der Waals surface area contributed by atoms with Crippen LogP contribution < -0.4 is 29.3 Å². The number of amides is 1. The number of methoxy groups -OCH3 is 3. The molecule has 35 heavy (non-hydrogen) atoms. The van der Waals surface area contributed by atoms with Gasteiger partial charge < -0.3 is 29.3 Å². The number of piperazine rings is 1. The molecule has 0 radical (unpaired) electrons. The van der Waals surface area contributed by atoms with E-state index in [9.17, 15) is 4.79 Å². The molecule has 2 aliphatic rings. The third-order valence-electron chi connectivity index (χ3n) is 7.05. The van der Waals surface area contributed by atoms with Crippen LogP contribution in [0.25, 0.3) is 0 Å². The fourth-order valence-corrected chi connectivity index (χ4v) is 5.23. The van der Waals surface area contributed by atoms with Gasteiger partial charge in [-0.15, -0.1) is 0 Å². The summed E-state index contributed by atoms with van der Waals surface area (Å²) in [6.07, 6.45) is 0.701. The van der Waals surface area contributed by atoms with E-state index < -0.39 is 0 Å². The molecule has 182 valence electrons. The Morgan fingerprint density at radius 3 is 2.40 bits per heavy atom. The largest absolute Gasteiger partial charge is 0.497 e. The van der Waals surface area contributed by atoms with E-state index in [1.807, 2.05) is 24.3 Å². The average molecular weight is 474 g/mol. The minimum absolute atomic E-state index is 0.0123. The third kappa shape index (κ3) is 4.46. The Morgan fingerprint density at radius 2 is 1.66 bits per heavy atom. The Labute approximate surface area is 206 Å². The van der Waals surface area contributed by atoms with Gasteiger partial charge in [-0.3, -0.25) is 4.79 Å². The maximum Gasteiger partial charge on any atom is 0.229 e. The van der Waals surface area contributed by atoms with E-state index in [1.54, 1.807) is 27.4 Å². The van der Waals surface area contributed by atoms with Crippen LogP contribution in [0.5, 0.6) is 17.2 Å². The summed E-state index contributed by atoms with van der Waals surface area (Å²) in [7, 11) is 4.87. The maximum absolute atomic E-state index is 13.7. The Balaban J connectivity index is 1.42. The Morgan fingerprint density at radius 1 is 0.886 bits per heavy atom. The molecule has 2 aliphatic heterocycles. The minimum atomic E-state index is -0.195. The van der Waals surface area contributed by atoms with Crippen LogP contribution >= 0.6 is 0 Å². The second-order valence-corrected chi connectivity index (χ2v) is 8.90. The van der Waals surface area contributed by atoms with Gasteiger partial charge in [-0.1, -0.05) is 18.2 Å².